The fourth-order valence-electron chi connectivity index (χ4n) is 1.72. The van der Waals surface area contributed by atoms with Gasteiger partial charge in [0.25, 0.3) is 5.91 Å². The van der Waals surface area contributed by atoms with Crippen LogP contribution in [-0.4, -0.2) is 17.6 Å². The maximum atomic E-state index is 13.7. The van der Waals surface area contributed by atoms with Gasteiger partial charge < -0.3 is 10.4 Å². The van der Waals surface area contributed by atoms with E-state index in [1.54, 1.807) is 24.3 Å². The molecule has 5 heteroatoms. The van der Waals surface area contributed by atoms with E-state index in [2.05, 4.69) is 17.2 Å². The van der Waals surface area contributed by atoms with Gasteiger partial charge in [-0.2, -0.15) is 0 Å². The second-order valence-electron chi connectivity index (χ2n) is 4.09. The Morgan fingerprint density at radius 2 is 2.05 bits per heavy atom. The third-order valence-corrected chi connectivity index (χ3v) is 2.94. The van der Waals surface area contributed by atoms with Crippen LogP contribution < -0.4 is 5.32 Å². The van der Waals surface area contributed by atoms with Crippen LogP contribution in [-0.2, 0) is 0 Å². The largest absolute Gasteiger partial charge is 0.384 e. The average molecular weight is 304 g/mol. The van der Waals surface area contributed by atoms with Gasteiger partial charge in [0.1, 0.15) is 12.4 Å². The molecule has 0 saturated carbocycles. The lowest BCUT2D eigenvalue weighted by molar-refractivity contribution is 0.102. The molecule has 0 atom stereocenters. The molecule has 0 aromatic heterocycles. The van der Waals surface area contributed by atoms with E-state index in [9.17, 15) is 9.18 Å². The van der Waals surface area contributed by atoms with E-state index < -0.39 is 11.7 Å². The van der Waals surface area contributed by atoms with Crippen molar-refractivity contribution in [2.45, 2.75) is 0 Å². The first-order valence-electron chi connectivity index (χ1n) is 6.07. The third kappa shape index (κ3) is 3.82. The summed E-state index contributed by atoms with van der Waals surface area (Å²) in [6.07, 6.45) is 0. The number of hydrogen-bond donors (Lipinski definition) is 2. The SMILES string of the molecule is O=C(Nc1cccc(C#CCO)c1)c1c(F)cccc1Cl. The molecule has 2 aromatic rings. The molecule has 0 saturated heterocycles. The molecule has 0 bridgehead atoms. The van der Waals surface area contributed by atoms with Crippen LogP contribution in [0.3, 0.4) is 0 Å². The van der Waals surface area contributed by atoms with Crippen molar-refractivity contribution in [1.82, 2.24) is 0 Å². The van der Waals surface area contributed by atoms with Crippen LogP contribution in [0.2, 0.25) is 5.02 Å². The fraction of sp³-hybridized carbons (Fsp3) is 0.0625. The van der Waals surface area contributed by atoms with Crippen LogP contribution in [0.15, 0.2) is 42.5 Å². The van der Waals surface area contributed by atoms with Crippen LogP contribution >= 0.6 is 11.6 Å². The second kappa shape index (κ2) is 6.89. The maximum absolute atomic E-state index is 13.7. The van der Waals surface area contributed by atoms with E-state index in [1.807, 2.05) is 0 Å². The summed E-state index contributed by atoms with van der Waals surface area (Å²) in [5.41, 5.74) is 0.886. The molecule has 2 N–H and O–H groups in total. The number of nitrogens with one attached hydrogen (secondary N) is 1. The Labute approximate surface area is 126 Å². The highest BCUT2D eigenvalue weighted by Gasteiger charge is 2.15. The summed E-state index contributed by atoms with van der Waals surface area (Å²) in [5.74, 6) is 3.91. The van der Waals surface area contributed by atoms with Gasteiger partial charge in [-0.3, -0.25) is 4.79 Å². The average Bonchev–Trinajstić information content (AvgIpc) is 2.45. The molecule has 3 nitrogen and oxygen atoms in total. The molecule has 2 aromatic carbocycles. The molecular weight excluding hydrogens is 293 g/mol. The van der Waals surface area contributed by atoms with Gasteiger partial charge in [0, 0.05) is 11.3 Å². The minimum Gasteiger partial charge on any atom is -0.384 e. The van der Waals surface area contributed by atoms with Crippen LogP contribution in [0.4, 0.5) is 10.1 Å². The zero-order valence-electron chi connectivity index (χ0n) is 10.9. The van der Waals surface area contributed by atoms with Crippen molar-refractivity contribution < 1.29 is 14.3 Å². The summed E-state index contributed by atoms with van der Waals surface area (Å²) < 4.78 is 13.7. The summed E-state index contributed by atoms with van der Waals surface area (Å²) in [5, 5.41) is 11.3. The topological polar surface area (TPSA) is 49.3 Å². The maximum Gasteiger partial charge on any atom is 0.260 e. The van der Waals surface area contributed by atoms with Crippen LogP contribution in [0.5, 0.6) is 0 Å². The lowest BCUT2D eigenvalue weighted by atomic mass is 10.1. The number of rotatable bonds is 2. The van der Waals surface area contributed by atoms with E-state index >= 15 is 0 Å². The zero-order valence-corrected chi connectivity index (χ0v) is 11.6. The molecule has 0 heterocycles. The molecule has 21 heavy (non-hydrogen) atoms. The molecule has 0 aliphatic carbocycles. The summed E-state index contributed by atoms with van der Waals surface area (Å²) in [6.45, 7) is -0.249. The number of halogens is 2. The molecule has 1 amide bonds. The fourth-order valence-corrected chi connectivity index (χ4v) is 1.97. The Morgan fingerprint density at radius 1 is 1.29 bits per heavy atom. The smallest absolute Gasteiger partial charge is 0.260 e. The number of carbonyl (C=O) groups is 1. The highest BCUT2D eigenvalue weighted by atomic mass is 35.5. The Balaban J connectivity index is 2.24. The first-order valence-corrected chi connectivity index (χ1v) is 6.45. The van der Waals surface area contributed by atoms with Crippen molar-refractivity contribution in [3.05, 3.63) is 64.4 Å². The molecule has 0 aliphatic rings. The predicted octanol–water partition coefficient (Wildman–Crippen LogP) is 3.08. The molecule has 106 valence electrons. The number of aliphatic hydroxyl groups excluding tert-OH is 1. The van der Waals surface area contributed by atoms with Crippen LogP contribution in [0.25, 0.3) is 0 Å². The standard InChI is InChI=1S/C16H11ClFNO2/c17-13-7-2-8-14(18)15(13)16(21)19-12-6-1-4-11(10-12)5-3-9-20/h1-2,4,6-8,10,20H,9H2,(H,19,21). The zero-order chi connectivity index (χ0) is 15.2. The Morgan fingerprint density at radius 3 is 2.76 bits per heavy atom. The summed E-state index contributed by atoms with van der Waals surface area (Å²) in [6, 6.07) is 10.7. The van der Waals surface area contributed by atoms with Gasteiger partial charge >= 0.3 is 0 Å². The van der Waals surface area contributed by atoms with Gasteiger partial charge in [0.2, 0.25) is 0 Å². The lowest BCUT2D eigenvalue weighted by Crippen LogP contribution is -2.14. The molecule has 0 spiro atoms. The number of anilines is 1. The monoisotopic (exact) mass is 303 g/mol. The van der Waals surface area contributed by atoms with Gasteiger partial charge in [-0.1, -0.05) is 35.6 Å². The van der Waals surface area contributed by atoms with Crippen molar-refractivity contribution in [1.29, 1.82) is 0 Å². The van der Waals surface area contributed by atoms with Crippen molar-refractivity contribution in [2.24, 2.45) is 0 Å². The number of hydrogen-bond acceptors (Lipinski definition) is 2. The van der Waals surface area contributed by atoms with Gasteiger partial charge in [-0.05, 0) is 30.3 Å². The molecule has 0 unspecified atom stereocenters. The molecule has 2 rings (SSSR count). The summed E-state index contributed by atoms with van der Waals surface area (Å²) in [4.78, 5) is 12.1. The number of aliphatic hydroxyl groups is 1. The molecule has 0 aliphatic heterocycles. The van der Waals surface area contributed by atoms with E-state index in [-0.39, 0.29) is 17.2 Å². The number of benzene rings is 2. The Bertz CT molecular complexity index is 714. The van der Waals surface area contributed by atoms with Gasteiger partial charge in [0.05, 0.1) is 10.6 Å². The predicted molar refractivity (Wildman–Crippen MR) is 79.8 cm³/mol. The highest BCUT2D eigenvalue weighted by molar-refractivity contribution is 6.34. The van der Waals surface area contributed by atoms with Crippen LogP contribution in [0.1, 0.15) is 15.9 Å². The second-order valence-corrected chi connectivity index (χ2v) is 4.50. The van der Waals surface area contributed by atoms with E-state index in [1.165, 1.54) is 18.2 Å². The minimum absolute atomic E-state index is 0.0451. The minimum atomic E-state index is -0.684. The van der Waals surface area contributed by atoms with Crippen molar-refractivity contribution in [2.75, 3.05) is 11.9 Å². The van der Waals surface area contributed by atoms with E-state index in [0.717, 1.165) is 0 Å². The van der Waals surface area contributed by atoms with Crippen molar-refractivity contribution in [3.8, 4) is 11.8 Å². The molecule has 0 radical (unpaired) electrons. The summed E-state index contributed by atoms with van der Waals surface area (Å²) >= 11 is 5.84. The molecule has 0 fully saturated rings. The third-order valence-electron chi connectivity index (χ3n) is 2.62. The van der Waals surface area contributed by atoms with Gasteiger partial charge in [-0.15, -0.1) is 0 Å². The first-order chi connectivity index (χ1) is 10.1. The van der Waals surface area contributed by atoms with Crippen molar-refractivity contribution in [3.63, 3.8) is 0 Å². The Hall–Kier alpha value is -2.35. The number of carbonyl (C=O) groups excluding carboxylic acids is 1. The van der Waals surface area contributed by atoms with Gasteiger partial charge in [-0.25, -0.2) is 4.39 Å². The normalized spacial score (nSPS) is 9.67. The van der Waals surface area contributed by atoms with Crippen LogP contribution in [0, 0.1) is 17.7 Å². The quantitative estimate of drug-likeness (QED) is 0.838. The number of amides is 1. The lowest BCUT2D eigenvalue weighted by Gasteiger charge is -2.08. The first kappa shape index (κ1) is 15.0. The van der Waals surface area contributed by atoms with Crippen molar-refractivity contribution >= 4 is 23.2 Å². The van der Waals surface area contributed by atoms with E-state index in [4.69, 9.17) is 16.7 Å². The highest BCUT2D eigenvalue weighted by Crippen LogP contribution is 2.20. The van der Waals surface area contributed by atoms with E-state index in [0.29, 0.717) is 11.3 Å². The van der Waals surface area contributed by atoms with Gasteiger partial charge in [0.15, 0.2) is 0 Å². The summed E-state index contributed by atoms with van der Waals surface area (Å²) in [7, 11) is 0. The Kier molecular flexibility index (Phi) is 4.94. The molecular formula is C16H11ClFNO2.